The first-order valence-corrected chi connectivity index (χ1v) is 34.4. The Hall–Kier alpha value is -2.03. The number of carbonyl (C=O) groups is 2. The second-order valence-electron chi connectivity index (χ2n) is 23.6. The van der Waals surface area contributed by atoms with E-state index in [1.54, 1.807) is 0 Å². The molecule has 3 atom stereocenters. The molecular formula is C67H127N2O7P. The van der Waals surface area contributed by atoms with Crippen molar-refractivity contribution in [3.8, 4) is 0 Å². The van der Waals surface area contributed by atoms with Crippen molar-refractivity contribution >= 4 is 19.7 Å². The molecule has 0 saturated heterocycles. The summed E-state index contributed by atoms with van der Waals surface area (Å²) < 4.78 is 30.3. The summed E-state index contributed by atoms with van der Waals surface area (Å²) in [5, 5.41) is 3.03. The van der Waals surface area contributed by atoms with Crippen molar-refractivity contribution in [3.05, 3.63) is 48.6 Å². The number of hydrogen-bond acceptors (Lipinski definition) is 7. The molecule has 0 aliphatic carbocycles. The van der Waals surface area contributed by atoms with E-state index in [0.717, 1.165) is 83.5 Å². The van der Waals surface area contributed by atoms with Gasteiger partial charge in [0.05, 0.1) is 33.8 Å². The fourth-order valence-electron chi connectivity index (χ4n) is 9.72. The molecule has 10 heteroatoms. The van der Waals surface area contributed by atoms with Crippen LogP contribution in [0.2, 0.25) is 0 Å². The van der Waals surface area contributed by atoms with Crippen LogP contribution in [0.3, 0.4) is 0 Å². The van der Waals surface area contributed by atoms with Gasteiger partial charge in [0.15, 0.2) is 0 Å². The molecule has 9 nitrogen and oxygen atoms in total. The highest BCUT2D eigenvalue weighted by molar-refractivity contribution is 7.45. The standard InChI is InChI=1S/C67H127N2O7P/c1-7-10-13-16-19-22-25-28-30-31-32-33-34-35-36-37-38-39-40-41-44-47-50-53-56-59-66(70)68-64(63-75-77(72,73)74-62-61-69(4,5)6)65(58-55-52-49-46-43-27-24-21-18-15-12-9-3)76-67(71)60-57-54-51-48-45-42-29-26-23-20-17-14-11-8-2/h11,14,20,23,29,42,55,58,64-65H,7-10,12-13,15-19,21-22,24-28,30-41,43-54,56-57,59-63H2,1-6H3,(H-,68,70,72,73)/b14-11+,23-20+,42-29+,58-55-. The third-order valence-electron chi connectivity index (χ3n) is 14.8. The molecule has 0 aromatic carbocycles. The number of quaternary nitrogens is 1. The number of unbranched alkanes of at least 4 members (excludes halogenated alkanes) is 38. The van der Waals surface area contributed by atoms with Gasteiger partial charge >= 0.3 is 5.97 Å². The topological polar surface area (TPSA) is 114 Å². The molecule has 452 valence electrons. The van der Waals surface area contributed by atoms with E-state index in [2.05, 4.69) is 62.5 Å². The van der Waals surface area contributed by atoms with Gasteiger partial charge in [0.2, 0.25) is 5.91 Å². The summed E-state index contributed by atoms with van der Waals surface area (Å²) in [5.41, 5.74) is 0. The first-order chi connectivity index (χ1) is 37.4. The molecule has 0 fully saturated rings. The Bertz CT molecular complexity index is 1460. The number of phosphoric ester groups is 1. The largest absolute Gasteiger partial charge is 0.756 e. The lowest BCUT2D eigenvalue weighted by atomic mass is 10.0. The molecule has 1 amide bonds. The van der Waals surface area contributed by atoms with Crippen molar-refractivity contribution < 1.29 is 37.3 Å². The summed E-state index contributed by atoms with van der Waals surface area (Å²) in [5.74, 6) is -0.555. The Morgan fingerprint density at radius 3 is 1.25 bits per heavy atom. The first-order valence-electron chi connectivity index (χ1n) is 32.9. The summed E-state index contributed by atoms with van der Waals surface area (Å²) in [6.07, 6.45) is 71.0. The molecule has 0 aromatic heterocycles. The molecule has 77 heavy (non-hydrogen) atoms. The molecule has 0 spiro atoms. The van der Waals surface area contributed by atoms with Gasteiger partial charge in [-0.1, -0.05) is 288 Å². The Morgan fingerprint density at radius 1 is 0.468 bits per heavy atom. The predicted octanol–water partition coefficient (Wildman–Crippen LogP) is 19.8. The fraction of sp³-hybridized carbons (Fsp3) is 0.851. The van der Waals surface area contributed by atoms with E-state index in [-0.39, 0.29) is 24.9 Å². The highest BCUT2D eigenvalue weighted by atomic mass is 31.2. The number of amides is 1. The number of likely N-dealkylation sites (N-methyl/N-ethyl adjacent to an activating group) is 1. The molecule has 0 radical (unpaired) electrons. The van der Waals surface area contributed by atoms with Crippen LogP contribution in [0.15, 0.2) is 48.6 Å². The number of carbonyl (C=O) groups excluding carboxylic acids is 2. The van der Waals surface area contributed by atoms with Gasteiger partial charge in [-0.15, -0.1) is 0 Å². The minimum Gasteiger partial charge on any atom is -0.756 e. The number of phosphoric acid groups is 1. The number of nitrogens with one attached hydrogen (secondary N) is 1. The Labute approximate surface area is 478 Å². The van der Waals surface area contributed by atoms with E-state index in [1.807, 2.05) is 33.3 Å². The predicted molar refractivity (Wildman–Crippen MR) is 330 cm³/mol. The van der Waals surface area contributed by atoms with Crippen LogP contribution < -0.4 is 10.2 Å². The molecule has 0 heterocycles. The van der Waals surface area contributed by atoms with Crippen LogP contribution in [0, 0.1) is 0 Å². The SMILES string of the molecule is CC/C=C/C/C=C/C/C=C/CCCCCCC(=O)OC(/C=C\CCCCCCCCCCCC)C(COP(=O)([O-])OCC[N+](C)(C)C)NC(=O)CCCCCCCCCCCCCCCCCCCCCCCCCCC. The van der Waals surface area contributed by atoms with Gasteiger partial charge in [-0.2, -0.15) is 0 Å². The summed E-state index contributed by atoms with van der Waals surface area (Å²) in [6.45, 7) is 6.75. The van der Waals surface area contributed by atoms with Crippen LogP contribution in [-0.2, 0) is 27.9 Å². The molecule has 0 saturated carbocycles. The van der Waals surface area contributed by atoms with Crippen molar-refractivity contribution in [1.29, 1.82) is 0 Å². The minimum atomic E-state index is -4.70. The van der Waals surface area contributed by atoms with Gasteiger partial charge in [-0.05, 0) is 63.9 Å². The highest BCUT2D eigenvalue weighted by Gasteiger charge is 2.27. The maximum absolute atomic E-state index is 13.6. The average molecular weight is 1100 g/mol. The molecule has 1 N–H and O–H groups in total. The van der Waals surface area contributed by atoms with Crippen LogP contribution in [0.1, 0.15) is 316 Å². The minimum absolute atomic E-state index is 0.0249. The molecule has 0 aliphatic heterocycles. The number of hydrogen-bond donors (Lipinski definition) is 1. The average Bonchev–Trinajstić information content (AvgIpc) is 3.39. The van der Waals surface area contributed by atoms with Crippen LogP contribution in [-0.4, -0.2) is 69.4 Å². The number of allylic oxidation sites excluding steroid dienone is 7. The summed E-state index contributed by atoms with van der Waals surface area (Å²) >= 11 is 0. The zero-order chi connectivity index (χ0) is 56.4. The molecular weight excluding hydrogens is 976 g/mol. The van der Waals surface area contributed by atoms with Crippen LogP contribution >= 0.6 is 7.82 Å². The Balaban J connectivity index is 5.06. The van der Waals surface area contributed by atoms with E-state index in [4.69, 9.17) is 13.8 Å². The summed E-state index contributed by atoms with van der Waals surface area (Å²) in [7, 11) is 1.18. The monoisotopic (exact) mass is 1100 g/mol. The fourth-order valence-corrected chi connectivity index (χ4v) is 10.4. The van der Waals surface area contributed by atoms with Gasteiger partial charge in [0.1, 0.15) is 19.3 Å². The lowest BCUT2D eigenvalue weighted by Gasteiger charge is -2.30. The van der Waals surface area contributed by atoms with E-state index < -0.39 is 26.6 Å². The molecule has 0 aliphatic rings. The van der Waals surface area contributed by atoms with Crippen molar-refractivity contribution in [2.75, 3.05) is 40.9 Å². The van der Waals surface area contributed by atoms with Crippen molar-refractivity contribution in [2.24, 2.45) is 0 Å². The van der Waals surface area contributed by atoms with E-state index in [1.165, 1.54) is 193 Å². The third kappa shape index (κ3) is 58.4. The summed E-state index contributed by atoms with van der Waals surface area (Å²) in [4.78, 5) is 40.0. The van der Waals surface area contributed by atoms with Crippen molar-refractivity contribution in [2.45, 2.75) is 328 Å². The van der Waals surface area contributed by atoms with Crippen molar-refractivity contribution in [3.63, 3.8) is 0 Å². The van der Waals surface area contributed by atoms with Gasteiger partial charge in [0, 0.05) is 12.8 Å². The van der Waals surface area contributed by atoms with Gasteiger partial charge < -0.3 is 28.5 Å². The van der Waals surface area contributed by atoms with E-state index >= 15 is 0 Å². The number of nitrogens with zero attached hydrogens (tertiary/aromatic N) is 1. The maximum Gasteiger partial charge on any atom is 0.306 e. The van der Waals surface area contributed by atoms with Crippen LogP contribution in [0.25, 0.3) is 0 Å². The van der Waals surface area contributed by atoms with E-state index in [0.29, 0.717) is 23.9 Å². The van der Waals surface area contributed by atoms with Gasteiger partial charge in [-0.3, -0.25) is 14.2 Å². The second-order valence-corrected chi connectivity index (χ2v) is 25.0. The van der Waals surface area contributed by atoms with Crippen LogP contribution in [0.5, 0.6) is 0 Å². The number of esters is 1. The normalized spacial score (nSPS) is 13.9. The van der Waals surface area contributed by atoms with Gasteiger partial charge in [-0.25, -0.2) is 0 Å². The molecule has 0 rings (SSSR count). The zero-order valence-electron chi connectivity index (χ0n) is 51.7. The second kappa shape index (κ2) is 57.2. The lowest BCUT2D eigenvalue weighted by Crippen LogP contribution is -2.47. The first kappa shape index (κ1) is 75.0. The quantitative estimate of drug-likeness (QED) is 0.0212. The van der Waals surface area contributed by atoms with E-state index in [9.17, 15) is 19.0 Å². The molecule has 3 unspecified atom stereocenters. The van der Waals surface area contributed by atoms with Gasteiger partial charge in [0.25, 0.3) is 7.82 Å². The third-order valence-corrected chi connectivity index (χ3v) is 15.7. The maximum atomic E-state index is 13.6. The van der Waals surface area contributed by atoms with Crippen LogP contribution in [0.4, 0.5) is 0 Å². The summed E-state index contributed by atoms with van der Waals surface area (Å²) in [6, 6.07) is -0.895. The Morgan fingerprint density at radius 2 is 0.831 bits per heavy atom. The molecule has 0 bridgehead atoms. The smallest absolute Gasteiger partial charge is 0.306 e. The van der Waals surface area contributed by atoms with Crippen molar-refractivity contribution in [1.82, 2.24) is 5.32 Å². The highest BCUT2D eigenvalue weighted by Crippen LogP contribution is 2.38. The lowest BCUT2D eigenvalue weighted by molar-refractivity contribution is -0.870. The zero-order valence-corrected chi connectivity index (χ0v) is 52.6. The molecule has 0 aromatic rings. The number of rotatable bonds is 60. The number of ether oxygens (including phenoxy) is 1. The Kier molecular flexibility index (Phi) is 55.7.